The Morgan fingerprint density at radius 3 is 2.00 bits per heavy atom. The maximum absolute atomic E-state index is 12.2. The molecule has 0 radical (unpaired) electrons. The van der Waals surface area contributed by atoms with E-state index in [1.807, 2.05) is 0 Å². The molecule has 1 aliphatic rings. The maximum atomic E-state index is 12.2. The minimum atomic E-state index is -0.308. The molecular formula is C20H36O4. The van der Waals surface area contributed by atoms with Crippen LogP contribution in [-0.2, 0) is 19.1 Å². The monoisotopic (exact) mass is 340 g/mol. The first-order valence-corrected chi connectivity index (χ1v) is 9.80. The maximum Gasteiger partial charge on any atom is 0.309 e. The summed E-state index contributed by atoms with van der Waals surface area (Å²) in [5, 5.41) is 0. The number of methoxy groups -OCH3 is 1. The summed E-state index contributed by atoms with van der Waals surface area (Å²) in [6.45, 7) is 5.02. The Morgan fingerprint density at radius 2 is 1.42 bits per heavy atom. The number of rotatable bonds is 11. The lowest BCUT2D eigenvalue weighted by atomic mass is 9.79. The molecule has 2 unspecified atom stereocenters. The fourth-order valence-electron chi connectivity index (χ4n) is 3.49. The van der Waals surface area contributed by atoms with Gasteiger partial charge in [-0.25, -0.2) is 0 Å². The van der Waals surface area contributed by atoms with Gasteiger partial charge in [-0.1, -0.05) is 65.2 Å². The summed E-state index contributed by atoms with van der Waals surface area (Å²) in [7, 11) is 1.39. The number of hydrogen-bond donors (Lipinski definition) is 0. The molecule has 0 aromatic carbocycles. The van der Waals surface area contributed by atoms with Crippen LogP contribution in [0.5, 0.6) is 0 Å². The Labute approximate surface area is 147 Å². The predicted octanol–water partition coefficient (Wildman–Crippen LogP) is 4.90. The zero-order valence-electron chi connectivity index (χ0n) is 15.9. The summed E-state index contributed by atoms with van der Waals surface area (Å²) in [6.07, 6.45) is 11.9. The molecule has 0 spiro atoms. The van der Waals surface area contributed by atoms with Crippen LogP contribution < -0.4 is 0 Å². The molecule has 1 fully saturated rings. The van der Waals surface area contributed by atoms with E-state index < -0.39 is 0 Å². The fourth-order valence-corrected chi connectivity index (χ4v) is 3.49. The van der Waals surface area contributed by atoms with E-state index in [1.54, 1.807) is 0 Å². The van der Waals surface area contributed by atoms with Crippen LogP contribution >= 0.6 is 0 Å². The van der Waals surface area contributed by atoms with Crippen molar-refractivity contribution >= 4 is 11.9 Å². The lowest BCUT2D eigenvalue weighted by molar-refractivity contribution is -0.161. The summed E-state index contributed by atoms with van der Waals surface area (Å²) in [6, 6.07) is 0. The van der Waals surface area contributed by atoms with Crippen LogP contribution in [-0.4, -0.2) is 25.7 Å². The average Bonchev–Trinajstić information content (AvgIpc) is 2.59. The second-order valence-corrected chi connectivity index (χ2v) is 7.49. The van der Waals surface area contributed by atoms with Gasteiger partial charge in [0.15, 0.2) is 0 Å². The summed E-state index contributed by atoms with van der Waals surface area (Å²) in [4.78, 5) is 24.0. The molecule has 4 heteroatoms. The Hall–Kier alpha value is -1.06. The number of carbonyl (C=O) groups is 2. The van der Waals surface area contributed by atoms with Gasteiger partial charge in [0, 0.05) is 0 Å². The average molecular weight is 341 g/mol. The van der Waals surface area contributed by atoms with E-state index >= 15 is 0 Å². The molecule has 24 heavy (non-hydrogen) atoms. The summed E-state index contributed by atoms with van der Waals surface area (Å²) < 4.78 is 10.2. The van der Waals surface area contributed by atoms with Gasteiger partial charge < -0.3 is 9.47 Å². The first-order chi connectivity index (χ1) is 11.6. The summed E-state index contributed by atoms with van der Waals surface area (Å²) in [5.41, 5.74) is 0. The van der Waals surface area contributed by atoms with E-state index in [1.165, 1.54) is 39.2 Å². The van der Waals surface area contributed by atoms with Crippen molar-refractivity contribution in [2.24, 2.45) is 17.8 Å². The van der Waals surface area contributed by atoms with E-state index in [2.05, 4.69) is 13.8 Å². The molecular weight excluding hydrogens is 304 g/mol. The standard InChI is InChI=1S/C20H36O4/c1-16(2)12-8-6-4-5-7-11-15-24-20(22)18-14-10-9-13-17(18)19(21)23-3/h16-18H,4-15H2,1-3H3. The molecule has 0 aliphatic heterocycles. The van der Waals surface area contributed by atoms with Crippen molar-refractivity contribution in [3.63, 3.8) is 0 Å². The number of carbonyl (C=O) groups excluding carboxylic acids is 2. The molecule has 0 heterocycles. The van der Waals surface area contributed by atoms with Crippen molar-refractivity contribution in [3.8, 4) is 0 Å². The van der Waals surface area contributed by atoms with E-state index in [9.17, 15) is 9.59 Å². The van der Waals surface area contributed by atoms with Gasteiger partial charge in [0.05, 0.1) is 25.6 Å². The second-order valence-electron chi connectivity index (χ2n) is 7.49. The highest BCUT2D eigenvalue weighted by atomic mass is 16.5. The molecule has 1 saturated carbocycles. The zero-order valence-corrected chi connectivity index (χ0v) is 15.9. The predicted molar refractivity (Wildman–Crippen MR) is 95.6 cm³/mol. The summed E-state index contributed by atoms with van der Waals surface area (Å²) >= 11 is 0. The Morgan fingerprint density at radius 1 is 0.875 bits per heavy atom. The van der Waals surface area contributed by atoms with Gasteiger partial charge in [0.2, 0.25) is 0 Å². The third kappa shape index (κ3) is 8.16. The topological polar surface area (TPSA) is 52.6 Å². The molecule has 0 aromatic rings. The van der Waals surface area contributed by atoms with Crippen LogP contribution in [0.2, 0.25) is 0 Å². The fraction of sp³-hybridized carbons (Fsp3) is 0.900. The Balaban J connectivity index is 2.11. The molecule has 1 rings (SSSR count). The first-order valence-electron chi connectivity index (χ1n) is 9.80. The van der Waals surface area contributed by atoms with Crippen LogP contribution in [0, 0.1) is 17.8 Å². The molecule has 0 amide bonds. The molecule has 0 aromatic heterocycles. The molecule has 2 atom stereocenters. The Bertz CT molecular complexity index is 365. The third-order valence-electron chi connectivity index (χ3n) is 4.99. The molecule has 0 bridgehead atoms. The van der Waals surface area contributed by atoms with Crippen molar-refractivity contribution in [2.45, 2.75) is 84.5 Å². The number of hydrogen-bond acceptors (Lipinski definition) is 4. The van der Waals surface area contributed by atoms with Gasteiger partial charge >= 0.3 is 11.9 Å². The number of esters is 2. The van der Waals surface area contributed by atoms with Crippen LogP contribution in [0.4, 0.5) is 0 Å². The van der Waals surface area contributed by atoms with Crippen molar-refractivity contribution in [2.75, 3.05) is 13.7 Å². The van der Waals surface area contributed by atoms with Gasteiger partial charge in [0.25, 0.3) is 0 Å². The van der Waals surface area contributed by atoms with E-state index in [0.717, 1.165) is 44.4 Å². The normalized spacial score (nSPS) is 20.8. The second kappa shape index (κ2) is 12.3. The van der Waals surface area contributed by atoms with Gasteiger partial charge in [-0.2, -0.15) is 0 Å². The highest BCUT2D eigenvalue weighted by Crippen LogP contribution is 2.32. The van der Waals surface area contributed by atoms with Crippen LogP contribution in [0.3, 0.4) is 0 Å². The SMILES string of the molecule is COC(=O)C1CCCCC1C(=O)OCCCCCCCCC(C)C. The van der Waals surface area contributed by atoms with E-state index in [0.29, 0.717) is 6.61 Å². The van der Waals surface area contributed by atoms with Crippen molar-refractivity contribution in [1.29, 1.82) is 0 Å². The molecule has 140 valence electrons. The van der Waals surface area contributed by atoms with Gasteiger partial charge in [-0.15, -0.1) is 0 Å². The van der Waals surface area contributed by atoms with Crippen molar-refractivity contribution < 1.29 is 19.1 Å². The number of ether oxygens (including phenoxy) is 2. The van der Waals surface area contributed by atoms with Crippen molar-refractivity contribution in [1.82, 2.24) is 0 Å². The lowest BCUT2D eigenvalue weighted by Gasteiger charge is -2.27. The first kappa shape index (κ1) is 21.0. The van der Waals surface area contributed by atoms with Crippen molar-refractivity contribution in [3.05, 3.63) is 0 Å². The third-order valence-corrected chi connectivity index (χ3v) is 4.99. The van der Waals surface area contributed by atoms with Crippen LogP contribution in [0.25, 0.3) is 0 Å². The highest BCUT2D eigenvalue weighted by molar-refractivity contribution is 5.82. The van der Waals surface area contributed by atoms with Gasteiger partial charge in [-0.3, -0.25) is 9.59 Å². The zero-order chi connectivity index (χ0) is 17.8. The molecule has 0 N–H and O–H groups in total. The van der Waals surface area contributed by atoms with Crippen LogP contribution in [0.1, 0.15) is 84.5 Å². The lowest BCUT2D eigenvalue weighted by Crippen LogP contribution is -2.34. The molecule has 1 aliphatic carbocycles. The van der Waals surface area contributed by atoms with E-state index in [4.69, 9.17) is 9.47 Å². The molecule has 0 saturated heterocycles. The molecule has 4 nitrogen and oxygen atoms in total. The minimum absolute atomic E-state index is 0.206. The Kier molecular flexibility index (Phi) is 10.8. The van der Waals surface area contributed by atoms with E-state index in [-0.39, 0.29) is 23.8 Å². The van der Waals surface area contributed by atoms with Gasteiger partial charge in [0.1, 0.15) is 0 Å². The quantitative estimate of drug-likeness (QED) is 0.397. The minimum Gasteiger partial charge on any atom is -0.469 e. The highest BCUT2D eigenvalue weighted by Gasteiger charge is 2.37. The summed E-state index contributed by atoms with van der Waals surface area (Å²) in [5.74, 6) is -0.280. The van der Waals surface area contributed by atoms with Gasteiger partial charge in [-0.05, 0) is 25.2 Å². The smallest absolute Gasteiger partial charge is 0.309 e. The number of unbranched alkanes of at least 4 members (excludes halogenated alkanes) is 5. The van der Waals surface area contributed by atoms with Crippen LogP contribution in [0.15, 0.2) is 0 Å². The largest absolute Gasteiger partial charge is 0.469 e.